The fourth-order valence-electron chi connectivity index (χ4n) is 2.06. The Hall–Kier alpha value is 0.597. The Labute approximate surface area is 217 Å². The van der Waals surface area contributed by atoms with Crippen LogP contribution in [0.25, 0.3) is 0 Å². The van der Waals surface area contributed by atoms with Gasteiger partial charge in [-0.05, 0) is 0 Å². The average molecular weight is 551 g/mol. The van der Waals surface area contributed by atoms with Crippen molar-refractivity contribution in [2.45, 2.75) is 92.4 Å². The first-order chi connectivity index (χ1) is 11.6. The van der Waals surface area contributed by atoms with E-state index in [1.807, 2.05) is 0 Å². The third kappa shape index (κ3) is 17.9. The molecule has 2 aromatic carbocycles. The van der Waals surface area contributed by atoms with E-state index in [1.165, 1.54) is 22.3 Å². The minimum atomic E-state index is -0.492. The molecule has 0 aromatic heterocycles. The molecule has 0 aliphatic heterocycles. The fraction of sp³-hybridized carbons (Fsp3) is 0.583. The van der Waals surface area contributed by atoms with Gasteiger partial charge >= 0.3 is 26.2 Å². The van der Waals surface area contributed by atoms with Gasteiger partial charge in [0.05, 0.1) is 0 Å². The standard InChI is InChI=1S/2C10H15.C4H14Si2.2ClH.Zr/c2*1-8-5-6-9(7-8)10(2,3)4;1-5-6(2,3)4;;;/h2*5-7H,1-4H3;5H2,1-4H3;2*1H;/q2*-1;;;;+4/p-2. The first-order valence-electron chi connectivity index (χ1n) is 10.0. The van der Waals surface area contributed by atoms with E-state index in [1.54, 1.807) is 0 Å². The molecule has 2 rings (SSSR count). The Balaban J connectivity index is -0.000000159. The van der Waals surface area contributed by atoms with Gasteiger partial charge < -0.3 is 24.8 Å². The number of rotatable bonds is 1. The van der Waals surface area contributed by atoms with Gasteiger partial charge in [-0.25, -0.2) is 12.1 Å². The maximum atomic E-state index is 2.44. The van der Waals surface area contributed by atoms with Gasteiger partial charge in [-0.2, -0.15) is 46.5 Å². The molecule has 0 saturated heterocycles. The largest absolute Gasteiger partial charge is 4.00 e. The maximum absolute atomic E-state index is 2.44. The first kappa shape index (κ1) is 36.9. The van der Waals surface area contributed by atoms with E-state index in [4.69, 9.17) is 0 Å². The molecular formula is C24H44Cl2Si2Zr. The number of halogens is 2. The van der Waals surface area contributed by atoms with Gasteiger partial charge in [0, 0.05) is 16.6 Å². The van der Waals surface area contributed by atoms with Gasteiger partial charge in [0.2, 0.25) is 0 Å². The van der Waals surface area contributed by atoms with Gasteiger partial charge in [-0.15, -0.1) is 0 Å². The number of hydrogen-bond acceptors (Lipinski definition) is 0. The number of aryl methyl sites for hydroxylation is 2. The Morgan fingerprint density at radius 1 is 0.724 bits per heavy atom. The quantitative estimate of drug-likeness (QED) is 0.368. The summed E-state index contributed by atoms with van der Waals surface area (Å²) in [7, 11) is -0.101. The van der Waals surface area contributed by atoms with Gasteiger partial charge in [-0.1, -0.05) is 92.4 Å². The zero-order valence-electron chi connectivity index (χ0n) is 20.9. The molecule has 0 nitrogen and oxygen atoms in total. The maximum Gasteiger partial charge on any atom is 4.00 e. The van der Waals surface area contributed by atoms with E-state index < -0.39 is 7.59 Å². The monoisotopic (exact) mass is 548 g/mol. The van der Waals surface area contributed by atoms with E-state index in [0.29, 0.717) is 19.9 Å². The Morgan fingerprint density at radius 3 is 1.03 bits per heavy atom. The Kier molecular flexibility index (Phi) is 19.6. The van der Waals surface area contributed by atoms with Crippen LogP contribution < -0.4 is 24.8 Å². The summed E-state index contributed by atoms with van der Waals surface area (Å²) in [6.07, 6.45) is 0. The molecule has 0 aliphatic carbocycles. The van der Waals surface area contributed by atoms with Crippen molar-refractivity contribution in [1.82, 2.24) is 0 Å². The van der Waals surface area contributed by atoms with Crippen LogP contribution >= 0.6 is 0 Å². The van der Waals surface area contributed by atoms with Crippen molar-refractivity contribution in [1.29, 1.82) is 0 Å². The third-order valence-electron chi connectivity index (χ3n) is 4.61. The third-order valence-corrected chi connectivity index (χ3v) is 13.1. The van der Waals surface area contributed by atoms with E-state index in [2.05, 4.69) is 118 Å². The molecule has 0 bridgehead atoms. The summed E-state index contributed by atoms with van der Waals surface area (Å²) in [5, 5.41) is 0. The van der Waals surface area contributed by atoms with Crippen LogP contribution in [0.1, 0.15) is 63.8 Å². The van der Waals surface area contributed by atoms with Crippen molar-refractivity contribution in [2.75, 3.05) is 0 Å². The number of hydrogen-bond donors (Lipinski definition) is 0. The van der Waals surface area contributed by atoms with Crippen LogP contribution in [0.4, 0.5) is 0 Å². The molecule has 2 aromatic rings. The van der Waals surface area contributed by atoms with Gasteiger partial charge in [0.25, 0.3) is 0 Å². The molecule has 0 N–H and O–H groups in total. The molecule has 0 radical (unpaired) electrons. The molecule has 0 amide bonds. The predicted octanol–water partition coefficient (Wildman–Crippen LogP) is 1.07. The molecule has 29 heavy (non-hydrogen) atoms. The second kappa shape index (κ2) is 15.4. The van der Waals surface area contributed by atoms with Crippen molar-refractivity contribution >= 4 is 16.6 Å². The van der Waals surface area contributed by atoms with Crippen molar-refractivity contribution in [3.8, 4) is 0 Å². The zero-order chi connectivity index (χ0) is 20.8. The second-order valence-corrected chi connectivity index (χ2v) is 25.1. The molecule has 0 heterocycles. The Morgan fingerprint density at radius 2 is 0.966 bits per heavy atom. The van der Waals surface area contributed by atoms with Crippen LogP contribution in [0.15, 0.2) is 36.4 Å². The average Bonchev–Trinajstić information content (AvgIpc) is 3.07. The van der Waals surface area contributed by atoms with Crippen molar-refractivity contribution in [2.24, 2.45) is 0 Å². The molecule has 166 valence electrons. The summed E-state index contributed by atoms with van der Waals surface area (Å²) in [6, 6.07) is 13.2. The van der Waals surface area contributed by atoms with Gasteiger partial charge in [0.1, 0.15) is 0 Å². The van der Waals surface area contributed by atoms with Crippen LogP contribution in [0, 0.1) is 13.8 Å². The Bertz CT molecular complexity index is 589. The molecule has 0 saturated carbocycles. The summed E-state index contributed by atoms with van der Waals surface area (Å²) in [5.74, 6) is 0. The van der Waals surface area contributed by atoms with Crippen LogP contribution in [-0.4, -0.2) is 16.6 Å². The van der Waals surface area contributed by atoms with Gasteiger partial charge in [-0.3, -0.25) is 0 Å². The van der Waals surface area contributed by atoms with Gasteiger partial charge in [0.15, 0.2) is 0 Å². The van der Waals surface area contributed by atoms with E-state index in [9.17, 15) is 0 Å². The molecular weight excluding hydrogens is 507 g/mol. The summed E-state index contributed by atoms with van der Waals surface area (Å²) in [6.45, 7) is 27.4. The fourth-order valence-corrected chi connectivity index (χ4v) is 2.06. The van der Waals surface area contributed by atoms with Crippen molar-refractivity contribution in [3.05, 3.63) is 58.7 Å². The minimum Gasteiger partial charge on any atom is -1.00 e. The smallest absolute Gasteiger partial charge is 1.00 e. The topological polar surface area (TPSA) is 0 Å². The molecule has 0 aliphatic rings. The normalized spacial score (nSPS) is 11.2. The van der Waals surface area contributed by atoms with Crippen LogP contribution in [0.3, 0.4) is 0 Å². The predicted molar refractivity (Wildman–Crippen MR) is 129 cm³/mol. The summed E-state index contributed by atoms with van der Waals surface area (Å²) in [4.78, 5) is 0. The summed E-state index contributed by atoms with van der Waals surface area (Å²) >= 11 is 0. The van der Waals surface area contributed by atoms with Crippen molar-refractivity contribution < 1.29 is 51.0 Å². The first-order valence-corrected chi connectivity index (χ1v) is 17.3. The van der Waals surface area contributed by atoms with Crippen LogP contribution in [0.5, 0.6) is 0 Å². The van der Waals surface area contributed by atoms with E-state index in [0.717, 1.165) is 0 Å². The molecule has 0 fully saturated rings. The summed E-state index contributed by atoms with van der Waals surface area (Å²) in [5.41, 5.74) is 6.23. The summed E-state index contributed by atoms with van der Waals surface area (Å²) < 4.78 is 0. The van der Waals surface area contributed by atoms with Crippen molar-refractivity contribution in [3.63, 3.8) is 0 Å². The molecule has 5 heteroatoms. The molecule has 0 unspecified atom stereocenters. The second-order valence-electron chi connectivity index (χ2n) is 10.8. The van der Waals surface area contributed by atoms with E-state index in [-0.39, 0.29) is 51.0 Å². The molecule has 0 spiro atoms. The molecule has 0 atom stereocenters. The van der Waals surface area contributed by atoms with Crippen LogP contribution in [0.2, 0.25) is 26.2 Å². The van der Waals surface area contributed by atoms with E-state index >= 15 is 0 Å². The van der Waals surface area contributed by atoms with Crippen LogP contribution in [-0.2, 0) is 37.0 Å². The zero-order valence-corrected chi connectivity index (χ0v) is 27.3. The minimum absolute atomic E-state index is 0. The SMILES string of the molecule is C[SiH2][Si](C)(C)C.Cc1cc(C(C)(C)C)c[cH-]1.Cc1cc(C(C)(C)C)c[cH-]1.[Cl-].[Cl-].[Zr+4].